The molecular formula is C24H18FNO3. The highest BCUT2D eigenvalue weighted by atomic mass is 19.1. The Kier molecular flexibility index (Phi) is 5.20. The first-order valence-corrected chi connectivity index (χ1v) is 9.08. The molecule has 1 heterocycles. The number of aldehydes is 1. The van der Waals surface area contributed by atoms with Crippen molar-refractivity contribution in [2.24, 2.45) is 0 Å². The molecule has 0 saturated heterocycles. The Hall–Kier alpha value is -3.73. The fourth-order valence-electron chi connectivity index (χ4n) is 3.13. The van der Waals surface area contributed by atoms with E-state index in [1.54, 1.807) is 37.4 Å². The molecule has 0 unspecified atom stereocenters. The maximum Gasteiger partial charge on any atom is 0.163 e. The van der Waals surface area contributed by atoms with E-state index in [9.17, 15) is 9.18 Å². The number of benzene rings is 3. The van der Waals surface area contributed by atoms with Crippen LogP contribution >= 0.6 is 0 Å². The van der Waals surface area contributed by atoms with E-state index in [1.165, 1.54) is 12.1 Å². The first kappa shape index (κ1) is 18.6. The summed E-state index contributed by atoms with van der Waals surface area (Å²) in [6.07, 6.45) is 0.779. The highest BCUT2D eigenvalue weighted by Gasteiger charge is 2.13. The Bertz CT molecular complexity index is 1160. The van der Waals surface area contributed by atoms with Crippen LogP contribution in [-0.2, 0) is 6.61 Å². The largest absolute Gasteiger partial charge is 0.493 e. The molecule has 3 aromatic carbocycles. The topological polar surface area (TPSA) is 48.4 Å². The van der Waals surface area contributed by atoms with Crippen molar-refractivity contribution in [2.75, 3.05) is 7.11 Å². The van der Waals surface area contributed by atoms with Gasteiger partial charge in [0.2, 0.25) is 0 Å². The van der Waals surface area contributed by atoms with Crippen LogP contribution in [0.2, 0.25) is 0 Å². The average Bonchev–Trinajstić information content (AvgIpc) is 2.77. The molecule has 0 saturated carbocycles. The monoisotopic (exact) mass is 387 g/mol. The van der Waals surface area contributed by atoms with Gasteiger partial charge in [-0.05, 0) is 42.0 Å². The third kappa shape index (κ3) is 3.94. The molecule has 5 heteroatoms. The molecule has 0 fully saturated rings. The van der Waals surface area contributed by atoms with Gasteiger partial charge < -0.3 is 9.47 Å². The summed E-state index contributed by atoms with van der Waals surface area (Å²) < 4.78 is 24.7. The van der Waals surface area contributed by atoms with Crippen LogP contribution in [-0.4, -0.2) is 18.4 Å². The fraction of sp³-hybridized carbons (Fsp3) is 0.0833. The van der Waals surface area contributed by atoms with E-state index in [4.69, 9.17) is 9.47 Å². The number of carbonyl (C=O) groups is 1. The highest BCUT2D eigenvalue weighted by molar-refractivity contribution is 5.99. The predicted molar refractivity (Wildman–Crippen MR) is 110 cm³/mol. The number of fused-ring (bicyclic) bond motifs is 1. The third-order valence-electron chi connectivity index (χ3n) is 4.63. The van der Waals surface area contributed by atoms with Gasteiger partial charge in [0, 0.05) is 22.6 Å². The molecule has 0 spiro atoms. The van der Waals surface area contributed by atoms with Gasteiger partial charge in [-0.25, -0.2) is 9.37 Å². The molecule has 0 radical (unpaired) electrons. The first-order chi connectivity index (χ1) is 14.2. The van der Waals surface area contributed by atoms with Crippen molar-refractivity contribution in [2.45, 2.75) is 6.61 Å². The molecule has 144 valence electrons. The first-order valence-electron chi connectivity index (χ1n) is 9.08. The second-order valence-electron chi connectivity index (χ2n) is 6.52. The van der Waals surface area contributed by atoms with Gasteiger partial charge in [0.05, 0.1) is 18.3 Å². The number of pyridine rings is 1. The lowest BCUT2D eigenvalue weighted by atomic mass is 10.0. The van der Waals surface area contributed by atoms with E-state index in [2.05, 4.69) is 4.98 Å². The fourth-order valence-corrected chi connectivity index (χ4v) is 3.13. The van der Waals surface area contributed by atoms with Gasteiger partial charge in [-0.1, -0.05) is 30.3 Å². The van der Waals surface area contributed by atoms with Gasteiger partial charge in [0.1, 0.15) is 12.4 Å². The van der Waals surface area contributed by atoms with Crippen molar-refractivity contribution in [3.05, 3.63) is 89.7 Å². The summed E-state index contributed by atoms with van der Waals surface area (Å²) >= 11 is 0. The van der Waals surface area contributed by atoms with Crippen LogP contribution in [0.5, 0.6) is 11.5 Å². The maximum atomic E-state index is 13.3. The summed E-state index contributed by atoms with van der Waals surface area (Å²) in [6.45, 7) is 0.376. The van der Waals surface area contributed by atoms with Crippen molar-refractivity contribution in [3.63, 3.8) is 0 Å². The molecule has 0 amide bonds. The minimum Gasteiger partial charge on any atom is -0.493 e. The Morgan fingerprint density at radius 3 is 2.41 bits per heavy atom. The number of nitrogens with zero attached hydrogens (tertiary/aromatic N) is 1. The molecule has 0 N–H and O–H groups in total. The maximum absolute atomic E-state index is 13.3. The van der Waals surface area contributed by atoms with E-state index in [1.807, 2.05) is 30.3 Å². The van der Waals surface area contributed by atoms with E-state index in [0.29, 0.717) is 40.3 Å². The Labute approximate surface area is 167 Å². The summed E-state index contributed by atoms with van der Waals surface area (Å²) in [7, 11) is 1.55. The molecule has 4 nitrogen and oxygen atoms in total. The second-order valence-corrected chi connectivity index (χ2v) is 6.52. The molecule has 0 bridgehead atoms. The molecule has 1 aromatic heterocycles. The molecular weight excluding hydrogens is 369 g/mol. The zero-order valence-electron chi connectivity index (χ0n) is 15.8. The predicted octanol–water partition coefficient (Wildman–Crippen LogP) is 5.44. The smallest absolute Gasteiger partial charge is 0.163 e. The van der Waals surface area contributed by atoms with Gasteiger partial charge >= 0.3 is 0 Å². The minimum absolute atomic E-state index is 0.327. The summed E-state index contributed by atoms with van der Waals surface area (Å²) in [5.41, 5.74) is 3.40. The quantitative estimate of drug-likeness (QED) is 0.413. The number of ether oxygens (including phenoxy) is 2. The van der Waals surface area contributed by atoms with Crippen molar-refractivity contribution in [3.8, 4) is 22.8 Å². The van der Waals surface area contributed by atoms with Gasteiger partial charge in [0.25, 0.3) is 0 Å². The molecule has 0 atom stereocenters. The van der Waals surface area contributed by atoms with Gasteiger partial charge in [-0.3, -0.25) is 4.79 Å². The number of carbonyl (C=O) groups excluding carboxylic acids is 1. The number of rotatable bonds is 6. The Morgan fingerprint density at radius 1 is 0.966 bits per heavy atom. The number of hydrogen-bond acceptors (Lipinski definition) is 4. The second kappa shape index (κ2) is 8.10. The lowest BCUT2D eigenvalue weighted by Gasteiger charge is -2.13. The van der Waals surface area contributed by atoms with Crippen LogP contribution in [0.25, 0.3) is 22.2 Å². The number of hydrogen-bond donors (Lipinski definition) is 0. The lowest BCUT2D eigenvalue weighted by molar-refractivity contribution is 0.112. The zero-order chi connectivity index (χ0) is 20.2. The van der Waals surface area contributed by atoms with E-state index < -0.39 is 0 Å². The van der Waals surface area contributed by atoms with Gasteiger partial charge in [0.15, 0.2) is 17.8 Å². The van der Waals surface area contributed by atoms with Crippen molar-refractivity contribution in [1.82, 2.24) is 4.98 Å². The third-order valence-corrected chi connectivity index (χ3v) is 4.63. The van der Waals surface area contributed by atoms with E-state index in [-0.39, 0.29) is 5.82 Å². The summed E-state index contributed by atoms with van der Waals surface area (Å²) in [5.74, 6) is 0.726. The van der Waals surface area contributed by atoms with Crippen molar-refractivity contribution in [1.29, 1.82) is 0 Å². The van der Waals surface area contributed by atoms with Gasteiger partial charge in [-0.15, -0.1) is 0 Å². The summed E-state index contributed by atoms with van der Waals surface area (Å²) in [4.78, 5) is 16.4. The SMILES string of the molecule is COc1cc2c(C=O)cc(-c3ccc(F)cc3)nc2cc1OCc1ccccc1. The van der Waals surface area contributed by atoms with Crippen molar-refractivity contribution < 1.29 is 18.7 Å². The number of aromatic nitrogens is 1. The minimum atomic E-state index is -0.327. The Morgan fingerprint density at radius 2 is 1.72 bits per heavy atom. The molecule has 4 aromatic rings. The highest BCUT2D eigenvalue weighted by Crippen LogP contribution is 2.35. The van der Waals surface area contributed by atoms with Crippen molar-refractivity contribution >= 4 is 17.2 Å². The van der Waals surface area contributed by atoms with E-state index >= 15 is 0 Å². The van der Waals surface area contributed by atoms with E-state index in [0.717, 1.165) is 17.4 Å². The standard InChI is InChI=1S/C24H18FNO3/c1-28-23-12-20-18(14-27)11-21(17-7-9-19(25)10-8-17)26-22(20)13-24(23)29-15-16-5-3-2-4-6-16/h2-14H,15H2,1H3. The lowest BCUT2D eigenvalue weighted by Crippen LogP contribution is -1.99. The number of methoxy groups -OCH3 is 1. The summed E-state index contributed by atoms with van der Waals surface area (Å²) in [6, 6.07) is 21.0. The normalized spacial score (nSPS) is 10.7. The van der Waals surface area contributed by atoms with Crippen LogP contribution in [0, 0.1) is 5.82 Å². The molecule has 0 aliphatic heterocycles. The van der Waals surface area contributed by atoms with Crippen LogP contribution in [0.1, 0.15) is 15.9 Å². The molecule has 0 aliphatic carbocycles. The van der Waals surface area contributed by atoms with Crippen LogP contribution in [0.3, 0.4) is 0 Å². The van der Waals surface area contributed by atoms with Crippen LogP contribution < -0.4 is 9.47 Å². The van der Waals surface area contributed by atoms with Crippen LogP contribution in [0.4, 0.5) is 4.39 Å². The number of halogens is 1. The summed E-state index contributed by atoms with van der Waals surface area (Å²) in [5, 5.41) is 0.662. The molecule has 0 aliphatic rings. The molecule has 4 rings (SSSR count). The van der Waals surface area contributed by atoms with Gasteiger partial charge in [-0.2, -0.15) is 0 Å². The Balaban J connectivity index is 1.78. The molecule has 29 heavy (non-hydrogen) atoms. The van der Waals surface area contributed by atoms with Crippen LogP contribution in [0.15, 0.2) is 72.8 Å². The average molecular weight is 387 g/mol. The zero-order valence-corrected chi connectivity index (χ0v) is 15.8.